The van der Waals surface area contributed by atoms with Gasteiger partial charge in [-0.1, -0.05) is 23.2 Å². The quantitative estimate of drug-likeness (QED) is 0.852. The van der Waals surface area contributed by atoms with E-state index < -0.39 is 0 Å². The second kappa shape index (κ2) is 4.53. The number of hydrogen-bond donors (Lipinski definition) is 1. The van der Waals surface area contributed by atoms with Gasteiger partial charge in [-0.05, 0) is 12.1 Å². The number of nitrogens with one attached hydrogen (secondary N) is 1. The number of benzene rings is 1. The van der Waals surface area contributed by atoms with E-state index in [0.29, 0.717) is 21.4 Å². The maximum atomic E-state index is 11.4. The lowest BCUT2D eigenvalue weighted by Gasteiger charge is -2.09. The lowest BCUT2D eigenvalue weighted by Crippen LogP contribution is -2.18. The largest absolute Gasteiger partial charge is 0.494 e. The maximum absolute atomic E-state index is 11.4. The molecule has 1 rings (SSSR count). The summed E-state index contributed by atoms with van der Waals surface area (Å²) in [4.78, 5) is 11.4. The summed E-state index contributed by atoms with van der Waals surface area (Å²) in [6.45, 7) is 0. The highest BCUT2D eigenvalue weighted by Gasteiger charge is 2.15. The van der Waals surface area contributed by atoms with Gasteiger partial charge in [0.05, 0.1) is 17.7 Å². The highest BCUT2D eigenvalue weighted by atomic mass is 35.5. The molecule has 5 heteroatoms. The summed E-state index contributed by atoms with van der Waals surface area (Å²) in [6.07, 6.45) is 0. The van der Waals surface area contributed by atoms with E-state index in [0.717, 1.165) is 0 Å². The Labute approximate surface area is 92.0 Å². The van der Waals surface area contributed by atoms with Crippen LogP contribution in [0.25, 0.3) is 0 Å². The molecule has 0 heterocycles. The van der Waals surface area contributed by atoms with Crippen molar-refractivity contribution in [3.63, 3.8) is 0 Å². The molecule has 14 heavy (non-hydrogen) atoms. The number of rotatable bonds is 2. The number of methoxy groups -OCH3 is 1. The van der Waals surface area contributed by atoms with Crippen molar-refractivity contribution in [1.82, 2.24) is 5.32 Å². The van der Waals surface area contributed by atoms with Gasteiger partial charge in [-0.3, -0.25) is 4.79 Å². The predicted octanol–water partition coefficient (Wildman–Crippen LogP) is 2.36. The first-order chi connectivity index (χ1) is 6.60. The van der Waals surface area contributed by atoms with Gasteiger partial charge in [0, 0.05) is 12.1 Å². The smallest absolute Gasteiger partial charge is 0.254 e. The standard InChI is InChI=1S/C9H9Cl2NO2/c1-12-9(13)6-3-5(10)4-7(11)8(6)14-2/h3-4H,1-2H3,(H,12,13). The van der Waals surface area contributed by atoms with E-state index in [1.54, 1.807) is 0 Å². The first kappa shape index (κ1) is 11.1. The van der Waals surface area contributed by atoms with Crippen molar-refractivity contribution in [1.29, 1.82) is 0 Å². The van der Waals surface area contributed by atoms with Crippen LogP contribution in [0.3, 0.4) is 0 Å². The van der Waals surface area contributed by atoms with Crippen LogP contribution in [0.4, 0.5) is 0 Å². The van der Waals surface area contributed by atoms with Gasteiger partial charge < -0.3 is 10.1 Å². The van der Waals surface area contributed by atoms with Gasteiger partial charge in [0.1, 0.15) is 5.75 Å². The molecule has 0 saturated heterocycles. The summed E-state index contributed by atoms with van der Waals surface area (Å²) in [5.41, 5.74) is 0.326. The highest BCUT2D eigenvalue weighted by Crippen LogP contribution is 2.31. The zero-order chi connectivity index (χ0) is 10.7. The number of carbonyl (C=O) groups excluding carboxylic acids is 1. The maximum Gasteiger partial charge on any atom is 0.254 e. The lowest BCUT2D eigenvalue weighted by molar-refractivity contribution is 0.0960. The van der Waals surface area contributed by atoms with Gasteiger partial charge >= 0.3 is 0 Å². The molecule has 0 atom stereocenters. The molecule has 0 bridgehead atoms. The molecule has 76 valence electrons. The summed E-state index contributed by atoms with van der Waals surface area (Å²) in [6, 6.07) is 3.03. The molecule has 1 aromatic carbocycles. The zero-order valence-corrected chi connectivity index (χ0v) is 9.24. The zero-order valence-electron chi connectivity index (χ0n) is 7.73. The number of halogens is 2. The molecule has 1 N–H and O–H groups in total. The van der Waals surface area contributed by atoms with Gasteiger partial charge in [0.15, 0.2) is 0 Å². The Hall–Kier alpha value is -0.930. The summed E-state index contributed by atoms with van der Waals surface area (Å²) >= 11 is 11.6. The molecule has 0 radical (unpaired) electrons. The van der Waals surface area contributed by atoms with Crippen LogP contribution in [-0.4, -0.2) is 20.1 Å². The lowest BCUT2D eigenvalue weighted by atomic mass is 10.2. The number of hydrogen-bond acceptors (Lipinski definition) is 2. The van der Waals surface area contributed by atoms with Crippen LogP contribution in [0.15, 0.2) is 12.1 Å². The second-order valence-corrected chi connectivity index (χ2v) is 3.39. The molecular weight excluding hydrogens is 225 g/mol. The Kier molecular flexibility index (Phi) is 3.61. The van der Waals surface area contributed by atoms with Gasteiger partial charge in [0.2, 0.25) is 0 Å². The van der Waals surface area contributed by atoms with E-state index in [1.165, 1.54) is 26.3 Å². The Balaban J connectivity index is 3.32. The third kappa shape index (κ3) is 2.11. The molecule has 0 saturated carbocycles. The van der Waals surface area contributed by atoms with Crippen molar-refractivity contribution in [2.45, 2.75) is 0 Å². The molecule has 1 amide bonds. The monoisotopic (exact) mass is 233 g/mol. The first-order valence-corrected chi connectivity index (χ1v) is 4.61. The second-order valence-electron chi connectivity index (χ2n) is 2.55. The minimum absolute atomic E-state index is 0.286. The predicted molar refractivity (Wildman–Crippen MR) is 56.4 cm³/mol. The van der Waals surface area contributed by atoms with Crippen LogP contribution in [-0.2, 0) is 0 Å². The number of carbonyl (C=O) groups is 1. The van der Waals surface area contributed by atoms with Crippen molar-refractivity contribution in [2.24, 2.45) is 0 Å². The summed E-state index contributed by atoms with van der Waals surface area (Å²) in [5, 5.41) is 3.19. The van der Waals surface area contributed by atoms with Gasteiger partial charge in [0.25, 0.3) is 5.91 Å². The third-order valence-electron chi connectivity index (χ3n) is 1.68. The third-order valence-corrected chi connectivity index (χ3v) is 2.18. The topological polar surface area (TPSA) is 38.3 Å². The molecule has 0 spiro atoms. The van der Waals surface area contributed by atoms with Gasteiger partial charge in [-0.15, -0.1) is 0 Å². The molecule has 0 aliphatic heterocycles. The van der Waals surface area contributed by atoms with Crippen LogP contribution in [0.1, 0.15) is 10.4 Å². The highest BCUT2D eigenvalue weighted by molar-refractivity contribution is 6.36. The van der Waals surface area contributed by atoms with E-state index >= 15 is 0 Å². The normalized spacial score (nSPS) is 9.71. The molecule has 3 nitrogen and oxygen atoms in total. The molecule has 1 aromatic rings. The van der Waals surface area contributed by atoms with Crippen molar-refractivity contribution in [3.05, 3.63) is 27.7 Å². The SMILES string of the molecule is CNC(=O)c1cc(Cl)cc(Cl)c1OC. The van der Waals surface area contributed by atoms with Crippen molar-refractivity contribution < 1.29 is 9.53 Å². The molecule has 0 aliphatic rings. The van der Waals surface area contributed by atoms with E-state index in [-0.39, 0.29) is 5.91 Å². The summed E-state index contributed by atoms with van der Waals surface area (Å²) in [7, 11) is 2.97. The van der Waals surface area contributed by atoms with Crippen LogP contribution < -0.4 is 10.1 Å². The number of ether oxygens (including phenoxy) is 1. The fourth-order valence-corrected chi connectivity index (χ4v) is 1.64. The Morgan fingerprint density at radius 3 is 2.57 bits per heavy atom. The van der Waals surface area contributed by atoms with Crippen molar-refractivity contribution in [3.8, 4) is 5.75 Å². The average molecular weight is 234 g/mol. The van der Waals surface area contributed by atoms with E-state index in [1.807, 2.05) is 0 Å². The van der Waals surface area contributed by atoms with Crippen LogP contribution in [0.2, 0.25) is 10.0 Å². The Bertz CT molecular complexity index is 366. The van der Waals surface area contributed by atoms with E-state index in [9.17, 15) is 4.79 Å². The molecular formula is C9H9Cl2NO2. The van der Waals surface area contributed by atoms with Gasteiger partial charge in [-0.2, -0.15) is 0 Å². The molecule has 0 fully saturated rings. The van der Waals surface area contributed by atoms with Crippen molar-refractivity contribution >= 4 is 29.1 Å². The average Bonchev–Trinajstić information content (AvgIpc) is 2.15. The van der Waals surface area contributed by atoms with Gasteiger partial charge in [-0.25, -0.2) is 0 Å². The minimum Gasteiger partial charge on any atom is -0.494 e. The molecule has 0 aliphatic carbocycles. The fraction of sp³-hybridized carbons (Fsp3) is 0.222. The summed E-state index contributed by atoms with van der Waals surface area (Å²) < 4.78 is 5.00. The summed E-state index contributed by atoms with van der Waals surface area (Å²) in [5.74, 6) is 0.0432. The van der Waals surface area contributed by atoms with Crippen LogP contribution in [0, 0.1) is 0 Å². The molecule has 0 aromatic heterocycles. The van der Waals surface area contributed by atoms with Crippen molar-refractivity contribution in [2.75, 3.05) is 14.2 Å². The van der Waals surface area contributed by atoms with Crippen LogP contribution >= 0.6 is 23.2 Å². The number of amides is 1. The van der Waals surface area contributed by atoms with E-state index in [2.05, 4.69) is 5.32 Å². The van der Waals surface area contributed by atoms with Crippen LogP contribution in [0.5, 0.6) is 5.75 Å². The van der Waals surface area contributed by atoms with E-state index in [4.69, 9.17) is 27.9 Å². The minimum atomic E-state index is -0.286. The Morgan fingerprint density at radius 1 is 1.43 bits per heavy atom. The molecule has 0 unspecified atom stereocenters. The first-order valence-electron chi connectivity index (χ1n) is 3.85. The fourth-order valence-electron chi connectivity index (χ4n) is 1.07. The Morgan fingerprint density at radius 2 is 2.07 bits per heavy atom.